The average Bonchev–Trinajstić information content (AvgIpc) is 2.27. The first-order chi connectivity index (χ1) is 7.35. The van der Waals surface area contributed by atoms with E-state index in [1.165, 1.54) is 14.2 Å². The van der Waals surface area contributed by atoms with Gasteiger partial charge in [-0.2, -0.15) is 0 Å². The molecular formula is C12H19O3Si. The summed E-state index contributed by atoms with van der Waals surface area (Å²) in [6, 6.07) is 7.56. The van der Waals surface area contributed by atoms with Crippen LogP contribution in [-0.4, -0.2) is 23.0 Å². The van der Waals surface area contributed by atoms with Crippen molar-refractivity contribution in [2.24, 2.45) is 0 Å². The van der Waals surface area contributed by atoms with Gasteiger partial charge in [0.05, 0.1) is 0 Å². The predicted molar refractivity (Wildman–Crippen MR) is 65.2 cm³/mol. The number of hydrogen-bond donors (Lipinski definition) is 0. The Morgan fingerprint density at radius 1 is 1.06 bits per heavy atom. The molecule has 1 aromatic carbocycles. The molecule has 0 fully saturated rings. The lowest BCUT2D eigenvalue weighted by Crippen LogP contribution is -2.54. The maximum absolute atomic E-state index is 12.4. The highest BCUT2D eigenvalue weighted by atomic mass is 28.4. The summed E-state index contributed by atoms with van der Waals surface area (Å²) in [5.41, 5.74) is 0.913. The Balaban J connectivity index is 3.34. The van der Waals surface area contributed by atoms with Gasteiger partial charge < -0.3 is 8.85 Å². The van der Waals surface area contributed by atoms with Gasteiger partial charge in [-0.3, -0.25) is 0 Å². The lowest BCUT2D eigenvalue weighted by Gasteiger charge is -2.27. The first kappa shape index (κ1) is 13.4. The zero-order chi connectivity index (χ0) is 12.4. The molecule has 0 aromatic heterocycles. The molecule has 1 aromatic rings. The average molecular weight is 239 g/mol. The molecule has 4 heteroatoms. The number of rotatable bonds is 3. The van der Waals surface area contributed by atoms with Crippen molar-refractivity contribution in [1.29, 1.82) is 0 Å². The Labute approximate surface area is 98.4 Å². The van der Waals surface area contributed by atoms with Crippen molar-refractivity contribution in [1.82, 2.24) is 0 Å². The van der Waals surface area contributed by atoms with Gasteiger partial charge in [-0.25, -0.2) is 4.80 Å². The minimum Gasteiger partial charge on any atom is -0.372 e. The van der Waals surface area contributed by atoms with E-state index in [-0.39, 0.29) is 5.41 Å². The summed E-state index contributed by atoms with van der Waals surface area (Å²) in [5, 5.41) is 0.674. The van der Waals surface area contributed by atoms with E-state index in [4.69, 9.17) is 8.85 Å². The predicted octanol–water partition coefficient (Wildman–Crippen LogP) is 1.85. The van der Waals surface area contributed by atoms with Gasteiger partial charge in [0.15, 0.2) is 0 Å². The van der Waals surface area contributed by atoms with E-state index in [1.54, 1.807) is 0 Å². The van der Waals surface area contributed by atoms with E-state index >= 15 is 0 Å². The van der Waals surface area contributed by atoms with E-state index in [1.807, 2.05) is 24.3 Å². The minimum absolute atomic E-state index is 0.0870. The molecular weight excluding hydrogens is 220 g/mol. The van der Waals surface area contributed by atoms with Gasteiger partial charge in [0.1, 0.15) is 0 Å². The molecule has 0 unspecified atom stereocenters. The highest BCUT2D eigenvalue weighted by molar-refractivity contribution is 6.74. The summed E-state index contributed by atoms with van der Waals surface area (Å²) in [5.74, 6) is 0. The molecule has 0 aliphatic carbocycles. The quantitative estimate of drug-likeness (QED) is 0.755. The zero-order valence-electron chi connectivity index (χ0n) is 10.5. The molecule has 0 amide bonds. The van der Waals surface area contributed by atoms with Crippen LogP contribution in [0, 0.1) is 0 Å². The van der Waals surface area contributed by atoms with Crippen molar-refractivity contribution < 1.29 is 13.6 Å². The van der Waals surface area contributed by atoms with Gasteiger partial charge in [-0.05, 0) is 11.0 Å². The number of hydrogen-bond acceptors (Lipinski definition) is 2. The molecule has 89 valence electrons. The second kappa shape index (κ2) is 4.67. The second-order valence-electron chi connectivity index (χ2n) is 4.76. The van der Waals surface area contributed by atoms with Crippen LogP contribution in [0.5, 0.6) is 0 Å². The molecule has 0 bridgehead atoms. The molecule has 0 aliphatic heterocycles. The molecule has 0 spiro atoms. The number of benzene rings is 1. The topological polar surface area (TPSA) is 38.4 Å². The van der Waals surface area contributed by atoms with Crippen molar-refractivity contribution >= 4 is 14.0 Å². The Morgan fingerprint density at radius 3 is 2.00 bits per heavy atom. The minimum atomic E-state index is -3.48. The van der Waals surface area contributed by atoms with Gasteiger partial charge in [0.2, 0.25) is 0 Å². The van der Waals surface area contributed by atoms with Crippen LogP contribution in [0.4, 0.5) is 0 Å². The molecule has 0 atom stereocenters. The van der Waals surface area contributed by atoms with E-state index in [0.717, 1.165) is 5.56 Å². The van der Waals surface area contributed by atoms with Crippen LogP contribution < -0.4 is 5.19 Å². The normalized spacial score (nSPS) is 12.9. The summed E-state index contributed by atoms with van der Waals surface area (Å²) in [4.78, 5) is 12.4. The third kappa shape index (κ3) is 2.52. The highest BCUT2D eigenvalue weighted by Gasteiger charge is 2.43. The Bertz CT molecular complexity index is 354. The van der Waals surface area contributed by atoms with Gasteiger partial charge >= 0.3 is 8.80 Å². The van der Waals surface area contributed by atoms with Gasteiger partial charge in [-0.1, -0.05) is 45.0 Å². The van der Waals surface area contributed by atoms with Gasteiger partial charge in [0.25, 0.3) is 0 Å². The summed E-state index contributed by atoms with van der Waals surface area (Å²) < 4.78 is 10.1. The van der Waals surface area contributed by atoms with Crippen molar-refractivity contribution in [3.8, 4) is 0 Å². The standard InChI is InChI=1S/C12H19O3Si/c1-12(2,3)10-8-6-7-9-11(10)16(13,14-4)15-5/h6-9H,1-5H3. The first-order valence-electron chi connectivity index (χ1n) is 5.26. The summed E-state index contributed by atoms with van der Waals surface area (Å²) >= 11 is 0. The highest BCUT2D eigenvalue weighted by Crippen LogP contribution is 2.22. The van der Waals surface area contributed by atoms with E-state index in [0.29, 0.717) is 5.19 Å². The second-order valence-corrected chi connectivity index (χ2v) is 7.23. The van der Waals surface area contributed by atoms with Crippen LogP contribution in [0.1, 0.15) is 26.3 Å². The maximum Gasteiger partial charge on any atom is 0.564 e. The molecule has 3 nitrogen and oxygen atoms in total. The van der Waals surface area contributed by atoms with E-state index < -0.39 is 8.80 Å². The smallest absolute Gasteiger partial charge is 0.372 e. The van der Waals surface area contributed by atoms with Crippen LogP contribution in [0.3, 0.4) is 0 Å². The zero-order valence-corrected chi connectivity index (χ0v) is 11.5. The monoisotopic (exact) mass is 239 g/mol. The Morgan fingerprint density at radius 2 is 1.56 bits per heavy atom. The van der Waals surface area contributed by atoms with Gasteiger partial charge in [-0.15, -0.1) is 0 Å². The lowest BCUT2D eigenvalue weighted by atomic mass is 9.87. The SMILES string of the molecule is CO[Si]([O])(OC)c1ccccc1C(C)(C)C. The third-order valence-corrected chi connectivity index (χ3v) is 4.77. The van der Waals surface area contributed by atoms with Crippen LogP contribution in [0.15, 0.2) is 24.3 Å². The van der Waals surface area contributed by atoms with Crippen LogP contribution in [0.2, 0.25) is 0 Å². The van der Waals surface area contributed by atoms with Gasteiger partial charge in [0, 0.05) is 19.4 Å². The maximum atomic E-state index is 12.4. The molecule has 0 N–H and O–H groups in total. The van der Waals surface area contributed by atoms with E-state index in [9.17, 15) is 4.80 Å². The molecule has 0 aliphatic rings. The van der Waals surface area contributed by atoms with Crippen molar-refractivity contribution in [2.45, 2.75) is 26.2 Å². The fraction of sp³-hybridized carbons (Fsp3) is 0.500. The Hall–Kier alpha value is -0.683. The summed E-state index contributed by atoms with van der Waals surface area (Å²) in [6.07, 6.45) is 0. The fourth-order valence-electron chi connectivity index (χ4n) is 1.71. The van der Waals surface area contributed by atoms with Crippen LogP contribution >= 0.6 is 0 Å². The molecule has 0 heterocycles. The van der Waals surface area contributed by atoms with Crippen molar-refractivity contribution in [2.75, 3.05) is 14.2 Å². The van der Waals surface area contributed by atoms with Crippen molar-refractivity contribution in [3.63, 3.8) is 0 Å². The molecule has 1 rings (SSSR count). The largest absolute Gasteiger partial charge is 0.564 e. The Kier molecular flexibility index (Phi) is 3.91. The third-order valence-electron chi connectivity index (χ3n) is 2.60. The fourth-order valence-corrected chi connectivity index (χ4v) is 3.40. The molecule has 1 radical (unpaired) electrons. The van der Waals surface area contributed by atoms with E-state index in [2.05, 4.69) is 20.8 Å². The molecule has 16 heavy (non-hydrogen) atoms. The lowest BCUT2D eigenvalue weighted by molar-refractivity contribution is 0.135. The molecule has 0 saturated heterocycles. The van der Waals surface area contributed by atoms with Crippen LogP contribution in [0.25, 0.3) is 0 Å². The summed E-state index contributed by atoms with van der Waals surface area (Å²) in [6.45, 7) is 6.23. The van der Waals surface area contributed by atoms with Crippen LogP contribution in [-0.2, 0) is 19.1 Å². The van der Waals surface area contributed by atoms with Crippen molar-refractivity contribution in [3.05, 3.63) is 29.8 Å². The first-order valence-corrected chi connectivity index (χ1v) is 6.98. The summed E-state index contributed by atoms with van der Waals surface area (Å²) in [7, 11) is -0.640. The molecule has 0 saturated carbocycles.